The Morgan fingerprint density at radius 1 is 1.14 bits per heavy atom. The first-order chi connectivity index (χ1) is 17.0. The van der Waals surface area contributed by atoms with Crippen molar-refractivity contribution in [2.75, 3.05) is 11.9 Å². The van der Waals surface area contributed by atoms with Crippen LogP contribution in [0.4, 0.5) is 9.93 Å². The Labute approximate surface area is 206 Å². The minimum atomic E-state index is -1.00. The van der Waals surface area contributed by atoms with E-state index in [1.165, 1.54) is 11.3 Å². The topological polar surface area (TPSA) is 133 Å². The number of nitrogens with one attached hydrogen (secondary N) is 2. The van der Waals surface area contributed by atoms with Crippen molar-refractivity contribution < 1.29 is 15.0 Å². The number of aliphatic hydroxyl groups is 1. The van der Waals surface area contributed by atoms with E-state index in [2.05, 4.69) is 30.6 Å². The number of nitrogens with zero attached hydrogens (tertiary/aromatic N) is 4. The van der Waals surface area contributed by atoms with Gasteiger partial charge in [-0.3, -0.25) is 10.3 Å². The number of rotatable bonds is 5. The summed E-state index contributed by atoms with van der Waals surface area (Å²) >= 11 is 1.26. The number of anilines is 1. The molecule has 3 aromatic heterocycles. The lowest BCUT2D eigenvalue weighted by Crippen LogP contribution is -2.30. The molecule has 3 heterocycles. The van der Waals surface area contributed by atoms with Crippen LogP contribution in [0.1, 0.15) is 44.9 Å². The van der Waals surface area contributed by atoms with Gasteiger partial charge in [0.2, 0.25) is 0 Å². The predicted molar refractivity (Wildman–Crippen MR) is 135 cm³/mol. The average Bonchev–Trinajstić information content (AvgIpc) is 3.26. The number of thiazole rings is 1. The lowest BCUT2D eigenvalue weighted by molar-refractivity contribution is -0.00893. The SMILES string of the molecule is CCNC(=O)Nc1nc2cc(-c3cnc(C4(O)CCCCC4)nc3)c(O)c(-c3ccccn3)c2s1. The molecule has 1 fully saturated rings. The van der Waals surface area contributed by atoms with Crippen LogP contribution in [0.5, 0.6) is 5.75 Å². The van der Waals surface area contributed by atoms with Crippen LogP contribution in [0.25, 0.3) is 32.6 Å². The molecule has 10 heteroatoms. The Kier molecular flexibility index (Phi) is 6.31. The number of hydrogen-bond acceptors (Lipinski definition) is 8. The zero-order chi connectivity index (χ0) is 24.4. The van der Waals surface area contributed by atoms with Crippen LogP contribution in [-0.2, 0) is 5.60 Å². The summed E-state index contributed by atoms with van der Waals surface area (Å²) in [6.45, 7) is 2.33. The maximum absolute atomic E-state index is 12.0. The van der Waals surface area contributed by atoms with Crippen LogP contribution in [0.3, 0.4) is 0 Å². The first-order valence-corrected chi connectivity index (χ1v) is 12.5. The molecular weight excluding hydrogens is 464 g/mol. The molecule has 35 heavy (non-hydrogen) atoms. The van der Waals surface area contributed by atoms with Crippen LogP contribution >= 0.6 is 11.3 Å². The summed E-state index contributed by atoms with van der Waals surface area (Å²) in [4.78, 5) is 30.0. The molecule has 1 saturated carbocycles. The second kappa shape index (κ2) is 9.55. The van der Waals surface area contributed by atoms with Crippen LogP contribution in [-0.4, -0.2) is 42.7 Å². The fraction of sp³-hybridized carbons (Fsp3) is 0.320. The summed E-state index contributed by atoms with van der Waals surface area (Å²) < 4.78 is 0.700. The number of carbonyl (C=O) groups excluding carboxylic acids is 1. The van der Waals surface area contributed by atoms with Gasteiger partial charge < -0.3 is 15.5 Å². The Morgan fingerprint density at radius 3 is 2.60 bits per heavy atom. The number of phenolic OH excluding ortho intramolecular Hbond substituents is 1. The quantitative estimate of drug-likeness (QED) is 0.315. The molecule has 0 unspecified atom stereocenters. The van der Waals surface area contributed by atoms with E-state index in [0.29, 0.717) is 62.9 Å². The fourth-order valence-corrected chi connectivity index (χ4v) is 5.44. The van der Waals surface area contributed by atoms with Crippen molar-refractivity contribution in [2.24, 2.45) is 0 Å². The smallest absolute Gasteiger partial charge is 0.321 e. The molecule has 1 aliphatic rings. The highest BCUT2D eigenvalue weighted by atomic mass is 32.1. The minimum absolute atomic E-state index is 0.0251. The molecule has 180 valence electrons. The monoisotopic (exact) mass is 490 g/mol. The molecule has 9 nitrogen and oxygen atoms in total. The summed E-state index contributed by atoms with van der Waals surface area (Å²) in [6, 6.07) is 6.87. The van der Waals surface area contributed by atoms with Gasteiger partial charge in [-0.25, -0.2) is 19.7 Å². The van der Waals surface area contributed by atoms with E-state index >= 15 is 0 Å². The van der Waals surface area contributed by atoms with E-state index in [1.807, 2.05) is 19.1 Å². The van der Waals surface area contributed by atoms with Crippen LogP contribution in [0, 0.1) is 0 Å². The number of pyridine rings is 1. The molecular formula is C25H26N6O3S. The third-order valence-electron chi connectivity index (χ3n) is 6.19. The fourth-order valence-electron chi connectivity index (χ4n) is 4.45. The summed E-state index contributed by atoms with van der Waals surface area (Å²) in [5.41, 5.74) is 1.79. The van der Waals surface area contributed by atoms with E-state index in [-0.39, 0.29) is 11.8 Å². The number of carbonyl (C=O) groups is 1. The second-order valence-electron chi connectivity index (χ2n) is 8.60. The van der Waals surface area contributed by atoms with Gasteiger partial charge in [-0.1, -0.05) is 36.7 Å². The maximum Gasteiger partial charge on any atom is 0.321 e. The summed E-state index contributed by atoms with van der Waals surface area (Å²) in [5.74, 6) is 0.436. The molecule has 0 aliphatic heterocycles. The Hall–Kier alpha value is -3.63. The molecule has 0 radical (unpaired) electrons. The average molecular weight is 491 g/mol. The normalized spacial score (nSPS) is 15.1. The molecule has 1 aromatic carbocycles. The van der Waals surface area contributed by atoms with Gasteiger partial charge in [0.05, 0.1) is 21.5 Å². The number of hydrogen-bond donors (Lipinski definition) is 4. The van der Waals surface area contributed by atoms with Gasteiger partial charge in [0.15, 0.2) is 11.0 Å². The van der Waals surface area contributed by atoms with E-state index in [4.69, 9.17) is 0 Å². The zero-order valence-corrected chi connectivity index (χ0v) is 20.1. The van der Waals surface area contributed by atoms with Crippen molar-refractivity contribution in [3.8, 4) is 28.1 Å². The number of aromatic nitrogens is 4. The Bertz CT molecular complexity index is 1350. The van der Waals surface area contributed by atoms with Crippen LogP contribution < -0.4 is 10.6 Å². The molecule has 0 saturated heterocycles. The largest absolute Gasteiger partial charge is 0.507 e. The van der Waals surface area contributed by atoms with Crippen molar-refractivity contribution in [3.05, 3.63) is 48.7 Å². The number of amides is 2. The van der Waals surface area contributed by atoms with E-state index in [9.17, 15) is 15.0 Å². The molecule has 0 spiro atoms. The number of urea groups is 1. The number of fused-ring (bicyclic) bond motifs is 1. The number of phenols is 1. The van der Waals surface area contributed by atoms with Crippen molar-refractivity contribution >= 4 is 32.7 Å². The number of benzene rings is 1. The molecule has 2 amide bonds. The predicted octanol–water partition coefficient (Wildman–Crippen LogP) is 4.81. The zero-order valence-electron chi connectivity index (χ0n) is 19.3. The van der Waals surface area contributed by atoms with Crippen molar-refractivity contribution in [3.63, 3.8) is 0 Å². The highest BCUT2D eigenvalue weighted by molar-refractivity contribution is 7.23. The van der Waals surface area contributed by atoms with Gasteiger partial charge in [-0.15, -0.1) is 0 Å². The summed E-state index contributed by atoms with van der Waals surface area (Å²) in [7, 11) is 0. The lowest BCUT2D eigenvalue weighted by atomic mass is 9.84. The molecule has 4 N–H and O–H groups in total. The van der Waals surface area contributed by atoms with Crippen LogP contribution in [0.2, 0.25) is 0 Å². The van der Waals surface area contributed by atoms with Crippen molar-refractivity contribution in [1.82, 2.24) is 25.3 Å². The third-order valence-corrected chi connectivity index (χ3v) is 7.20. The van der Waals surface area contributed by atoms with Crippen molar-refractivity contribution in [2.45, 2.75) is 44.6 Å². The van der Waals surface area contributed by atoms with Gasteiger partial charge in [0.25, 0.3) is 0 Å². The number of aromatic hydroxyl groups is 1. The minimum Gasteiger partial charge on any atom is -0.507 e. The second-order valence-corrected chi connectivity index (χ2v) is 9.60. The Morgan fingerprint density at radius 2 is 1.91 bits per heavy atom. The van der Waals surface area contributed by atoms with Crippen molar-refractivity contribution in [1.29, 1.82) is 0 Å². The van der Waals surface area contributed by atoms with Gasteiger partial charge in [-0.05, 0) is 38.0 Å². The van der Waals surface area contributed by atoms with Gasteiger partial charge in [0.1, 0.15) is 11.4 Å². The lowest BCUT2D eigenvalue weighted by Gasteiger charge is -2.30. The molecule has 4 aromatic rings. The van der Waals surface area contributed by atoms with Crippen LogP contribution in [0.15, 0.2) is 42.9 Å². The standard InChI is InChI=1S/C25H26N6O3S/c1-2-26-23(33)31-24-30-18-12-16(20(32)19(21(18)35-24)17-8-4-7-11-27-17)15-13-28-22(29-14-15)25(34)9-5-3-6-10-25/h4,7-8,11-14,32,34H,2-3,5-6,9-10H2,1H3,(H2,26,30,31,33). The van der Waals surface area contributed by atoms with Gasteiger partial charge in [-0.2, -0.15) is 0 Å². The molecule has 0 atom stereocenters. The van der Waals surface area contributed by atoms with E-state index in [1.54, 1.807) is 30.7 Å². The van der Waals surface area contributed by atoms with Gasteiger partial charge >= 0.3 is 6.03 Å². The summed E-state index contributed by atoms with van der Waals surface area (Å²) in [5, 5.41) is 28.2. The third kappa shape index (κ3) is 4.54. The highest BCUT2D eigenvalue weighted by Gasteiger charge is 2.34. The molecule has 5 rings (SSSR count). The molecule has 1 aliphatic carbocycles. The first kappa shape index (κ1) is 23.1. The summed E-state index contributed by atoms with van der Waals surface area (Å²) in [6.07, 6.45) is 9.20. The van der Waals surface area contributed by atoms with Gasteiger partial charge in [0, 0.05) is 36.3 Å². The van der Waals surface area contributed by atoms with E-state index < -0.39 is 5.60 Å². The highest BCUT2D eigenvalue weighted by Crippen LogP contribution is 2.45. The molecule has 0 bridgehead atoms. The van der Waals surface area contributed by atoms with E-state index in [0.717, 1.165) is 19.3 Å². The Balaban J connectivity index is 1.60. The maximum atomic E-state index is 12.0. The first-order valence-electron chi connectivity index (χ1n) is 11.7.